The van der Waals surface area contributed by atoms with Crippen LogP contribution in [0.25, 0.3) is 22.6 Å². The van der Waals surface area contributed by atoms with Crippen LogP contribution >= 0.6 is 0 Å². The smallest absolute Gasteiger partial charge is 0.270 e. The van der Waals surface area contributed by atoms with E-state index in [2.05, 4.69) is 4.98 Å². The Bertz CT molecular complexity index is 1110. The molecule has 26 heavy (non-hydrogen) atoms. The van der Waals surface area contributed by atoms with E-state index in [0.29, 0.717) is 24.3 Å². The van der Waals surface area contributed by atoms with Crippen LogP contribution in [0, 0.1) is 10.1 Å². The van der Waals surface area contributed by atoms with Crippen molar-refractivity contribution >= 4 is 28.2 Å². The second-order valence-electron chi connectivity index (χ2n) is 6.04. The molecule has 1 aromatic heterocycles. The lowest BCUT2D eigenvalue weighted by atomic mass is 10.1. The number of rotatable bonds is 3. The summed E-state index contributed by atoms with van der Waals surface area (Å²) in [6, 6.07) is 11.8. The number of allylic oxidation sites excluding steroid dienone is 1. The van der Waals surface area contributed by atoms with Crippen LogP contribution in [0.4, 0.5) is 5.69 Å². The van der Waals surface area contributed by atoms with Gasteiger partial charge < -0.3 is 4.74 Å². The summed E-state index contributed by atoms with van der Waals surface area (Å²) >= 11 is 0. The number of nitrogens with zero attached hydrogens (tertiary/aromatic N) is 3. The van der Waals surface area contributed by atoms with E-state index in [4.69, 9.17) is 4.74 Å². The molecule has 0 aliphatic carbocycles. The van der Waals surface area contributed by atoms with E-state index in [9.17, 15) is 14.9 Å². The van der Waals surface area contributed by atoms with Crippen molar-refractivity contribution in [3.05, 3.63) is 74.3 Å². The molecular weight excluding hydrogens is 334 g/mol. The Morgan fingerprint density at radius 3 is 2.69 bits per heavy atom. The highest BCUT2D eigenvalue weighted by atomic mass is 16.6. The van der Waals surface area contributed by atoms with Crippen LogP contribution < -0.4 is 10.3 Å². The van der Waals surface area contributed by atoms with E-state index < -0.39 is 4.92 Å². The second kappa shape index (κ2) is 6.11. The number of fused-ring (bicyclic) bond motifs is 2. The number of aromatic nitrogens is 2. The summed E-state index contributed by atoms with van der Waals surface area (Å²) in [5, 5.41) is 11.2. The fraction of sp³-hybridized carbons (Fsp3) is 0.158. The highest BCUT2D eigenvalue weighted by Gasteiger charge is 2.22. The minimum absolute atomic E-state index is 0.107. The van der Waals surface area contributed by atoms with Gasteiger partial charge in [0.1, 0.15) is 11.6 Å². The first kappa shape index (κ1) is 16.0. The van der Waals surface area contributed by atoms with E-state index in [0.717, 1.165) is 16.9 Å². The van der Waals surface area contributed by atoms with Crippen molar-refractivity contribution in [1.29, 1.82) is 0 Å². The summed E-state index contributed by atoms with van der Waals surface area (Å²) in [5.74, 6) is 1.40. The van der Waals surface area contributed by atoms with E-state index in [1.807, 2.05) is 30.3 Å². The number of nitro groups is 1. The van der Waals surface area contributed by atoms with Gasteiger partial charge in [0.15, 0.2) is 0 Å². The standard InChI is InChI=1S/C19H15N3O4/c1-26-15-5-2-12(3-6-15)10-13-8-9-21-18(13)20-17-7-4-14(22(24)25)11-16(17)19(21)23/h2-7,10-11H,8-9H2,1H3/b13-10+. The lowest BCUT2D eigenvalue weighted by Gasteiger charge is -2.06. The van der Waals surface area contributed by atoms with Crippen molar-refractivity contribution in [3.8, 4) is 5.75 Å². The molecule has 2 heterocycles. The van der Waals surface area contributed by atoms with Gasteiger partial charge in [-0.3, -0.25) is 19.5 Å². The molecule has 0 unspecified atom stereocenters. The van der Waals surface area contributed by atoms with Gasteiger partial charge in [0.25, 0.3) is 11.2 Å². The molecule has 7 nitrogen and oxygen atoms in total. The minimum Gasteiger partial charge on any atom is -0.497 e. The lowest BCUT2D eigenvalue weighted by molar-refractivity contribution is -0.384. The Balaban J connectivity index is 1.82. The summed E-state index contributed by atoms with van der Waals surface area (Å²) < 4.78 is 6.74. The predicted molar refractivity (Wildman–Crippen MR) is 98.1 cm³/mol. The van der Waals surface area contributed by atoms with Crippen molar-refractivity contribution in [1.82, 2.24) is 9.55 Å². The van der Waals surface area contributed by atoms with Crippen LogP contribution in [0.5, 0.6) is 5.75 Å². The van der Waals surface area contributed by atoms with Gasteiger partial charge in [-0.1, -0.05) is 12.1 Å². The van der Waals surface area contributed by atoms with Crippen molar-refractivity contribution in [3.63, 3.8) is 0 Å². The number of nitro benzene ring substituents is 1. The normalized spacial score (nSPS) is 14.6. The first-order valence-electron chi connectivity index (χ1n) is 8.11. The zero-order valence-corrected chi connectivity index (χ0v) is 14.0. The quantitative estimate of drug-likeness (QED) is 0.535. The molecule has 0 fully saturated rings. The second-order valence-corrected chi connectivity index (χ2v) is 6.04. The molecule has 0 bridgehead atoms. The highest BCUT2D eigenvalue weighted by Crippen LogP contribution is 2.28. The van der Waals surface area contributed by atoms with E-state index in [1.54, 1.807) is 11.7 Å². The number of hydrogen-bond acceptors (Lipinski definition) is 5. The minimum atomic E-state index is -0.508. The average Bonchev–Trinajstić information content (AvgIpc) is 3.05. The molecule has 4 rings (SSSR count). The van der Waals surface area contributed by atoms with E-state index in [-0.39, 0.29) is 16.6 Å². The maximum Gasteiger partial charge on any atom is 0.270 e. The summed E-state index contributed by atoms with van der Waals surface area (Å²) in [6.45, 7) is 0.516. The molecule has 7 heteroatoms. The summed E-state index contributed by atoms with van der Waals surface area (Å²) in [6.07, 6.45) is 2.69. The van der Waals surface area contributed by atoms with Gasteiger partial charge in [-0.25, -0.2) is 4.98 Å². The zero-order valence-electron chi connectivity index (χ0n) is 14.0. The van der Waals surface area contributed by atoms with Crippen molar-refractivity contribution < 1.29 is 9.66 Å². The van der Waals surface area contributed by atoms with Gasteiger partial charge in [-0.05, 0) is 41.8 Å². The molecule has 0 saturated heterocycles. The number of ether oxygens (including phenoxy) is 1. The van der Waals surface area contributed by atoms with Crippen molar-refractivity contribution in [2.75, 3.05) is 7.11 Å². The average molecular weight is 349 g/mol. The third-order valence-electron chi connectivity index (χ3n) is 4.50. The summed E-state index contributed by atoms with van der Waals surface area (Å²) in [7, 11) is 1.62. The summed E-state index contributed by atoms with van der Waals surface area (Å²) in [5.41, 5.74) is 2.07. The maximum atomic E-state index is 12.7. The van der Waals surface area contributed by atoms with Crippen LogP contribution in [-0.4, -0.2) is 21.6 Å². The van der Waals surface area contributed by atoms with E-state index >= 15 is 0 Å². The largest absolute Gasteiger partial charge is 0.497 e. The molecule has 0 radical (unpaired) electrons. The van der Waals surface area contributed by atoms with Crippen molar-refractivity contribution in [2.45, 2.75) is 13.0 Å². The predicted octanol–water partition coefficient (Wildman–Crippen LogP) is 3.26. The third kappa shape index (κ3) is 2.63. The van der Waals surface area contributed by atoms with Crippen LogP contribution in [0.1, 0.15) is 17.8 Å². The lowest BCUT2D eigenvalue weighted by Crippen LogP contribution is -2.20. The fourth-order valence-electron chi connectivity index (χ4n) is 3.16. The molecule has 0 saturated carbocycles. The number of benzene rings is 2. The Morgan fingerprint density at radius 1 is 1.23 bits per heavy atom. The third-order valence-corrected chi connectivity index (χ3v) is 4.50. The van der Waals surface area contributed by atoms with Crippen LogP contribution in [0.2, 0.25) is 0 Å². The van der Waals surface area contributed by atoms with Crippen LogP contribution in [-0.2, 0) is 6.54 Å². The topological polar surface area (TPSA) is 87.3 Å². The Morgan fingerprint density at radius 2 is 2.00 bits per heavy atom. The van der Waals surface area contributed by atoms with Crippen molar-refractivity contribution in [2.24, 2.45) is 0 Å². The molecule has 0 amide bonds. The number of hydrogen-bond donors (Lipinski definition) is 0. The van der Waals surface area contributed by atoms with Gasteiger partial charge in [-0.2, -0.15) is 0 Å². The Kier molecular flexibility index (Phi) is 3.76. The molecule has 0 atom stereocenters. The molecule has 0 N–H and O–H groups in total. The van der Waals surface area contributed by atoms with E-state index in [1.165, 1.54) is 18.2 Å². The SMILES string of the molecule is COc1ccc(/C=C2\CCn3c2nc2ccc([N+](=O)[O-])cc2c3=O)cc1. The van der Waals surface area contributed by atoms with Gasteiger partial charge in [0.2, 0.25) is 0 Å². The molecular formula is C19H15N3O4. The molecule has 130 valence electrons. The van der Waals surface area contributed by atoms with Crippen LogP contribution in [0.3, 0.4) is 0 Å². The van der Waals surface area contributed by atoms with Gasteiger partial charge in [-0.15, -0.1) is 0 Å². The molecule has 3 aromatic rings. The number of methoxy groups -OCH3 is 1. The monoisotopic (exact) mass is 349 g/mol. The molecule has 2 aromatic carbocycles. The van der Waals surface area contributed by atoms with Gasteiger partial charge in [0.05, 0.1) is 22.9 Å². The maximum absolute atomic E-state index is 12.7. The molecule has 0 spiro atoms. The molecule has 1 aliphatic heterocycles. The summed E-state index contributed by atoms with van der Waals surface area (Å²) in [4.78, 5) is 27.7. The van der Waals surface area contributed by atoms with Gasteiger partial charge >= 0.3 is 0 Å². The number of non-ortho nitro benzene ring substituents is 1. The Hall–Kier alpha value is -3.48. The van der Waals surface area contributed by atoms with Gasteiger partial charge in [0, 0.05) is 18.7 Å². The highest BCUT2D eigenvalue weighted by molar-refractivity contribution is 5.85. The zero-order chi connectivity index (χ0) is 18.3. The first-order chi connectivity index (χ1) is 12.6. The fourth-order valence-corrected chi connectivity index (χ4v) is 3.16. The Labute approximate surface area is 148 Å². The molecule has 1 aliphatic rings. The van der Waals surface area contributed by atoms with Crippen LogP contribution in [0.15, 0.2) is 47.3 Å². The first-order valence-corrected chi connectivity index (χ1v) is 8.11.